The Kier molecular flexibility index (Phi) is 7.87. The zero-order valence-corrected chi connectivity index (χ0v) is 21.5. The molecule has 0 unspecified atom stereocenters. The van der Waals surface area contributed by atoms with E-state index in [2.05, 4.69) is 5.32 Å². The van der Waals surface area contributed by atoms with Crippen molar-refractivity contribution in [2.24, 2.45) is 0 Å². The number of ether oxygens (including phenoxy) is 1. The molecule has 8 heteroatoms. The van der Waals surface area contributed by atoms with Crippen LogP contribution in [0.4, 0.5) is 14.9 Å². The molecular formula is C32H27FN2O5. The smallest absolute Gasteiger partial charge is 0.411 e. The number of amides is 2. The van der Waals surface area contributed by atoms with E-state index in [4.69, 9.17) is 4.74 Å². The average molecular weight is 539 g/mol. The predicted molar refractivity (Wildman–Crippen MR) is 149 cm³/mol. The van der Waals surface area contributed by atoms with Gasteiger partial charge in [0.25, 0.3) is 5.91 Å². The Hall–Kier alpha value is -4.98. The van der Waals surface area contributed by atoms with Gasteiger partial charge in [0.1, 0.15) is 12.4 Å². The van der Waals surface area contributed by atoms with Crippen molar-refractivity contribution in [1.82, 2.24) is 4.90 Å². The highest BCUT2D eigenvalue weighted by Gasteiger charge is 2.29. The fourth-order valence-corrected chi connectivity index (χ4v) is 5.02. The number of nitrogens with one attached hydrogen (secondary N) is 1. The summed E-state index contributed by atoms with van der Waals surface area (Å²) in [6, 6.07) is 28.8. The summed E-state index contributed by atoms with van der Waals surface area (Å²) in [4.78, 5) is 39.0. The second-order valence-electron chi connectivity index (χ2n) is 9.47. The maximum Gasteiger partial charge on any atom is 0.411 e. The Labute approximate surface area is 230 Å². The molecule has 0 aliphatic heterocycles. The highest BCUT2D eigenvalue weighted by atomic mass is 19.1. The lowest BCUT2D eigenvalue weighted by atomic mass is 9.98. The molecule has 40 heavy (non-hydrogen) atoms. The van der Waals surface area contributed by atoms with Crippen molar-refractivity contribution in [3.63, 3.8) is 0 Å². The summed E-state index contributed by atoms with van der Waals surface area (Å²) >= 11 is 0. The van der Waals surface area contributed by atoms with Crippen LogP contribution in [-0.2, 0) is 16.1 Å². The minimum Gasteiger partial charge on any atom is -0.481 e. The molecule has 0 fully saturated rings. The summed E-state index contributed by atoms with van der Waals surface area (Å²) in [6.45, 7) is 0.0497. The summed E-state index contributed by atoms with van der Waals surface area (Å²) in [5.41, 5.74) is 4.58. The molecule has 0 bridgehead atoms. The highest BCUT2D eigenvalue weighted by molar-refractivity contribution is 6.03. The number of anilines is 1. The third kappa shape index (κ3) is 5.71. The quantitative estimate of drug-likeness (QED) is 0.261. The molecule has 0 saturated heterocycles. The number of carboxylic acids is 1. The Morgan fingerprint density at radius 3 is 2.10 bits per heavy atom. The van der Waals surface area contributed by atoms with Crippen molar-refractivity contribution in [2.75, 3.05) is 18.5 Å². The molecule has 0 atom stereocenters. The monoisotopic (exact) mass is 538 g/mol. The first kappa shape index (κ1) is 26.6. The van der Waals surface area contributed by atoms with Crippen LogP contribution in [0.3, 0.4) is 0 Å². The minimum absolute atomic E-state index is 0.0241. The molecule has 2 N–H and O–H groups in total. The number of hydrogen-bond donors (Lipinski definition) is 2. The van der Waals surface area contributed by atoms with Gasteiger partial charge in [-0.15, -0.1) is 0 Å². The maximum absolute atomic E-state index is 15.0. The van der Waals surface area contributed by atoms with Gasteiger partial charge < -0.3 is 14.7 Å². The number of aliphatic carboxylic acids is 1. The lowest BCUT2D eigenvalue weighted by Crippen LogP contribution is -2.33. The van der Waals surface area contributed by atoms with Crippen LogP contribution in [0.2, 0.25) is 0 Å². The SMILES string of the molecule is O=C(O)CCN(Cc1ccccc1)C(=O)c1cccc(F)c1NC(=O)OCC1c2ccccc2-c2ccccc21. The van der Waals surface area contributed by atoms with E-state index in [0.717, 1.165) is 33.9 Å². The number of halogens is 1. The first-order chi connectivity index (χ1) is 19.4. The molecule has 5 rings (SSSR count). The van der Waals surface area contributed by atoms with E-state index in [1.165, 1.54) is 17.0 Å². The van der Waals surface area contributed by atoms with Gasteiger partial charge in [-0.3, -0.25) is 14.9 Å². The maximum atomic E-state index is 15.0. The number of carboxylic acid groups (broad SMARTS) is 1. The normalized spacial score (nSPS) is 11.8. The summed E-state index contributed by atoms with van der Waals surface area (Å²) < 4.78 is 20.5. The van der Waals surface area contributed by atoms with Crippen LogP contribution in [-0.4, -0.2) is 41.1 Å². The van der Waals surface area contributed by atoms with Gasteiger partial charge >= 0.3 is 12.1 Å². The van der Waals surface area contributed by atoms with Gasteiger partial charge in [0, 0.05) is 19.0 Å². The van der Waals surface area contributed by atoms with E-state index in [-0.39, 0.29) is 43.3 Å². The number of rotatable bonds is 9. The lowest BCUT2D eigenvalue weighted by Gasteiger charge is -2.24. The van der Waals surface area contributed by atoms with Gasteiger partial charge in [-0.25, -0.2) is 9.18 Å². The first-order valence-corrected chi connectivity index (χ1v) is 12.9. The third-order valence-electron chi connectivity index (χ3n) is 6.91. The van der Waals surface area contributed by atoms with E-state index in [0.29, 0.717) is 0 Å². The number of para-hydroxylation sites is 1. The fourth-order valence-electron chi connectivity index (χ4n) is 5.02. The average Bonchev–Trinajstić information content (AvgIpc) is 3.29. The Morgan fingerprint density at radius 2 is 1.45 bits per heavy atom. The van der Waals surface area contributed by atoms with Crippen molar-refractivity contribution in [1.29, 1.82) is 0 Å². The summed E-state index contributed by atoms with van der Waals surface area (Å²) in [7, 11) is 0. The Balaban J connectivity index is 1.34. The van der Waals surface area contributed by atoms with Crippen LogP contribution in [0.15, 0.2) is 97.1 Å². The first-order valence-electron chi connectivity index (χ1n) is 12.9. The Morgan fingerprint density at radius 1 is 0.825 bits per heavy atom. The molecule has 0 saturated carbocycles. The van der Waals surface area contributed by atoms with Crippen molar-refractivity contribution in [3.8, 4) is 11.1 Å². The molecule has 1 aliphatic rings. The summed E-state index contributed by atoms with van der Waals surface area (Å²) in [6.07, 6.45) is -1.19. The predicted octanol–water partition coefficient (Wildman–Crippen LogP) is 6.30. The number of nitrogens with zero attached hydrogens (tertiary/aromatic N) is 1. The molecule has 4 aromatic carbocycles. The number of carbonyl (C=O) groups excluding carboxylic acids is 2. The second kappa shape index (κ2) is 11.8. The molecule has 0 radical (unpaired) electrons. The van der Waals surface area contributed by atoms with Crippen LogP contribution < -0.4 is 5.32 Å². The minimum atomic E-state index is -1.07. The lowest BCUT2D eigenvalue weighted by molar-refractivity contribution is -0.137. The van der Waals surface area contributed by atoms with Crippen molar-refractivity contribution in [3.05, 3.63) is 125 Å². The van der Waals surface area contributed by atoms with E-state index >= 15 is 0 Å². The van der Waals surface area contributed by atoms with Crippen LogP contribution in [0.25, 0.3) is 11.1 Å². The van der Waals surface area contributed by atoms with Crippen LogP contribution >= 0.6 is 0 Å². The van der Waals surface area contributed by atoms with E-state index in [1.807, 2.05) is 78.9 Å². The number of benzene rings is 4. The highest BCUT2D eigenvalue weighted by Crippen LogP contribution is 2.44. The summed E-state index contributed by atoms with van der Waals surface area (Å²) in [5, 5.41) is 11.6. The van der Waals surface area contributed by atoms with Crippen molar-refractivity contribution < 1.29 is 28.6 Å². The van der Waals surface area contributed by atoms with Crippen molar-refractivity contribution >= 4 is 23.7 Å². The van der Waals surface area contributed by atoms with Gasteiger partial charge in [0.15, 0.2) is 0 Å². The molecule has 7 nitrogen and oxygen atoms in total. The van der Waals surface area contributed by atoms with Gasteiger partial charge in [0.2, 0.25) is 0 Å². The summed E-state index contributed by atoms with van der Waals surface area (Å²) in [5.74, 6) is -2.67. The third-order valence-corrected chi connectivity index (χ3v) is 6.91. The second-order valence-corrected chi connectivity index (χ2v) is 9.47. The molecule has 4 aromatic rings. The largest absolute Gasteiger partial charge is 0.481 e. The van der Waals surface area contributed by atoms with Crippen LogP contribution in [0.1, 0.15) is 39.4 Å². The Bertz CT molecular complexity index is 1510. The molecule has 0 heterocycles. The number of carbonyl (C=O) groups is 3. The van der Waals surface area contributed by atoms with Crippen LogP contribution in [0, 0.1) is 5.82 Å². The van der Waals surface area contributed by atoms with Gasteiger partial charge in [0.05, 0.1) is 17.7 Å². The molecule has 202 valence electrons. The molecule has 0 spiro atoms. The zero-order chi connectivity index (χ0) is 28.1. The van der Waals surface area contributed by atoms with E-state index in [1.54, 1.807) is 0 Å². The van der Waals surface area contributed by atoms with Gasteiger partial charge in [-0.1, -0.05) is 84.9 Å². The van der Waals surface area contributed by atoms with Gasteiger partial charge in [-0.2, -0.15) is 0 Å². The number of fused-ring (bicyclic) bond motifs is 3. The zero-order valence-electron chi connectivity index (χ0n) is 21.5. The molecule has 2 amide bonds. The molecule has 0 aromatic heterocycles. The molecular weight excluding hydrogens is 511 g/mol. The fraction of sp³-hybridized carbons (Fsp3) is 0.156. The van der Waals surface area contributed by atoms with Crippen molar-refractivity contribution in [2.45, 2.75) is 18.9 Å². The number of hydrogen-bond acceptors (Lipinski definition) is 4. The van der Waals surface area contributed by atoms with Gasteiger partial charge in [-0.05, 0) is 39.9 Å². The topological polar surface area (TPSA) is 95.9 Å². The standard InChI is InChI=1S/C32H27FN2O5/c33-28-16-8-15-26(31(38)35(18-17-29(36)37)19-21-9-2-1-3-10-21)30(28)34-32(39)40-20-27-24-13-6-4-11-22(24)23-12-5-7-14-25(23)27/h1-16,27H,17-20H2,(H,34,39)(H,36,37). The molecule has 1 aliphatic carbocycles. The van der Waals surface area contributed by atoms with E-state index < -0.39 is 23.8 Å². The van der Waals surface area contributed by atoms with E-state index in [9.17, 15) is 23.9 Å². The van der Waals surface area contributed by atoms with Crippen LogP contribution in [0.5, 0.6) is 0 Å².